The van der Waals surface area contributed by atoms with Gasteiger partial charge in [0, 0.05) is 17.5 Å². The monoisotopic (exact) mass is 326 g/mol. The van der Waals surface area contributed by atoms with E-state index < -0.39 is 0 Å². The Balaban J connectivity index is 1.64. The van der Waals surface area contributed by atoms with Gasteiger partial charge in [-0.2, -0.15) is 5.10 Å². The van der Waals surface area contributed by atoms with Gasteiger partial charge < -0.3 is 0 Å². The maximum absolute atomic E-state index is 4.20. The summed E-state index contributed by atoms with van der Waals surface area (Å²) >= 11 is 5.35. The van der Waals surface area contributed by atoms with Crippen molar-refractivity contribution in [2.75, 3.05) is 6.54 Å². The summed E-state index contributed by atoms with van der Waals surface area (Å²) in [5.74, 6) is 0. The molecule has 18 heavy (non-hydrogen) atoms. The number of nitrogens with zero attached hydrogens (tertiary/aromatic N) is 4. The normalized spacial score (nSPS) is 20.6. The second-order valence-corrected chi connectivity index (χ2v) is 7.14. The van der Waals surface area contributed by atoms with Gasteiger partial charge in [0.15, 0.2) is 0 Å². The van der Waals surface area contributed by atoms with Gasteiger partial charge in [-0.25, -0.2) is 4.98 Å². The molecule has 0 unspecified atom stereocenters. The lowest BCUT2D eigenvalue weighted by Crippen LogP contribution is -2.32. The van der Waals surface area contributed by atoms with Crippen molar-refractivity contribution >= 4 is 27.3 Å². The van der Waals surface area contributed by atoms with E-state index >= 15 is 0 Å². The van der Waals surface area contributed by atoms with Crippen LogP contribution in [0.2, 0.25) is 0 Å². The van der Waals surface area contributed by atoms with E-state index in [9.17, 15) is 0 Å². The number of aromatic nitrogens is 3. The molecule has 1 atom stereocenters. The van der Waals surface area contributed by atoms with Gasteiger partial charge in [0.05, 0.1) is 10.3 Å². The molecular weight excluding hydrogens is 312 g/mol. The van der Waals surface area contributed by atoms with Gasteiger partial charge >= 0.3 is 0 Å². The molecule has 0 aromatic carbocycles. The highest BCUT2D eigenvalue weighted by Crippen LogP contribution is 2.27. The van der Waals surface area contributed by atoms with Crippen LogP contribution in [0, 0.1) is 0 Å². The molecule has 2 aromatic rings. The quantitative estimate of drug-likeness (QED) is 0.866. The first-order chi connectivity index (χ1) is 8.81. The molecule has 1 aliphatic heterocycles. The Morgan fingerprint density at radius 1 is 1.44 bits per heavy atom. The zero-order valence-electron chi connectivity index (χ0n) is 10.00. The molecule has 0 aliphatic carbocycles. The molecule has 4 nitrogen and oxygen atoms in total. The van der Waals surface area contributed by atoms with Gasteiger partial charge in [-0.15, -0.1) is 11.3 Å². The maximum atomic E-state index is 4.20. The van der Waals surface area contributed by atoms with Gasteiger partial charge in [-0.3, -0.25) is 9.58 Å². The minimum atomic E-state index is 0.590. The van der Waals surface area contributed by atoms with E-state index in [1.807, 2.05) is 16.0 Å². The van der Waals surface area contributed by atoms with Crippen molar-refractivity contribution in [1.29, 1.82) is 0 Å². The van der Waals surface area contributed by atoms with E-state index in [1.165, 1.54) is 28.0 Å². The number of thiophene rings is 1. The molecule has 1 saturated heterocycles. The summed E-state index contributed by atoms with van der Waals surface area (Å²) in [4.78, 5) is 7.98. The van der Waals surface area contributed by atoms with E-state index in [1.54, 1.807) is 12.7 Å². The Bertz CT molecular complexity index is 496. The Hall–Kier alpha value is -0.720. The van der Waals surface area contributed by atoms with Gasteiger partial charge in [-0.1, -0.05) is 0 Å². The molecule has 2 aromatic heterocycles. The first-order valence-electron chi connectivity index (χ1n) is 6.12. The van der Waals surface area contributed by atoms with Crippen molar-refractivity contribution in [1.82, 2.24) is 19.7 Å². The first-order valence-corrected chi connectivity index (χ1v) is 7.73. The van der Waals surface area contributed by atoms with Gasteiger partial charge in [0.25, 0.3) is 0 Å². The minimum Gasteiger partial charge on any atom is -0.293 e. The van der Waals surface area contributed by atoms with Crippen LogP contribution in [0.1, 0.15) is 17.7 Å². The maximum Gasteiger partial charge on any atom is 0.137 e. The predicted octanol–water partition coefficient (Wildman–Crippen LogP) is 2.77. The zero-order valence-corrected chi connectivity index (χ0v) is 12.4. The number of hydrogen-bond acceptors (Lipinski definition) is 4. The Morgan fingerprint density at radius 3 is 3.11 bits per heavy atom. The van der Waals surface area contributed by atoms with E-state index in [4.69, 9.17) is 0 Å². The summed E-state index contributed by atoms with van der Waals surface area (Å²) in [6, 6.07) is 4.93. The fraction of sp³-hybridized carbons (Fsp3) is 0.500. The summed E-state index contributed by atoms with van der Waals surface area (Å²) in [5.41, 5.74) is 0. The van der Waals surface area contributed by atoms with Crippen LogP contribution in [0.5, 0.6) is 0 Å². The molecule has 0 radical (unpaired) electrons. The second-order valence-electron chi connectivity index (χ2n) is 4.59. The molecule has 1 fully saturated rings. The molecule has 0 saturated carbocycles. The lowest BCUT2D eigenvalue weighted by molar-refractivity contribution is 0.221. The minimum absolute atomic E-state index is 0.590. The van der Waals surface area contributed by atoms with Crippen molar-refractivity contribution in [3.8, 4) is 0 Å². The van der Waals surface area contributed by atoms with Crippen LogP contribution in [-0.4, -0.2) is 32.3 Å². The fourth-order valence-corrected chi connectivity index (χ4v) is 4.00. The number of halogens is 1. The van der Waals surface area contributed by atoms with Crippen LogP contribution in [0.25, 0.3) is 0 Å². The average molecular weight is 327 g/mol. The highest BCUT2D eigenvalue weighted by atomic mass is 79.9. The summed E-state index contributed by atoms with van der Waals surface area (Å²) in [6.45, 7) is 3.19. The van der Waals surface area contributed by atoms with Crippen LogP contribution < -0.4 is 0 Å². The summed E-state index contributed by atoms with van der Waals surface area (Å²) in [7, 11) is 0. The molecule has 0 amide bonds. The van der Waals surface area contributed by atoms with Crippen molar-refractivity contribution in [3.63, 3.8) is 0 Å². The van der Waals surface area contributed by atoms with Crippen molar-refractivity contribution in [2.24, 2.45) is 0 Å². The lowest BCUT2D eigenvalue weighted by Gasteiger charge is -2.23. The van der Waals surface area contributed by atoms with Gasteiger partial charge in [-0.05, 0) is 47.4 Å². The third-order valence-corrected chi connectivity index (χ3v) is 4.96. The van der Waals surface area contributed by atoms with Crippen LogP contribution in [0.4, 0.5) is 0 Å². The van der Waals surface area contributed by atoms with Gasteiger partial charge in [0.2, 0.25) is 0 Å². The predicted molar refractivity (Wildman–Crippen MR) is 75.5 cm³/mol. The van der Waals surface area contributed by atoms with E-state index in [0.717, 1.165) is 13.1 Å². The summed E-state index contributed by atoms with van der Waals surface area (Å²) < 4.78 is 3.15. The molecule has 3 rings (SSSR count). The fourth-order valence-electron chi connectivity index (χ4n) is 2.49. The molecule has 1 aliphatic rings. The highest BCUT2D eigenvalue weighted by Gasteiger charge is 2.25. The van der Waals surface area contributed by atoms with Crippen LogP contribution >= 0.6 is 27.3 Å². The number of rotatable bonds is 4. The smallest absolute Gasteiger partial charge is 0.137 e. The zero-order chi connectivity index (χ0) is 12.4. The average Bonchev–Trinajstić information content (AvgIpc) is 3.05. The van der Waals surface area contributed by atoms with Crippen LogP contribution in [-0.2, 0) is 13.1 Å². The van der Waals surface area contributed by atoms with E-state index in [-0.39, 0.29) is 0 Å². The first kappa shape index (κ1) is 12.3. The summed E-state index contributed by atoms with van der Waals surface area (Å²) in [6.07, 6.45) is 5.95. The molecule has 0 bridgehead atoms. The molecule has 3 heterocycles. The van der Waals surface area contributed by atoms with Gasteiger partial charge in [0.1, 0.15) is 12.7 Å². The largest absolute Gasteiger partial charge is 0.293 e. The Labute approximate surface area is 119 Å². The van der Waals surface area contributed by atoms with E-state index in [2.05, 4.69) is 43.0 Å². The SMILES string of the molecule is Brc1ccc(CN2CCC[C@H]2Cn2cncn2)s1. The standard InChI is InChI=1S/C12H15BrN4S/c13-12-4-3-11(18-12)7-16-5-1-2-10(16)6-17-9-14-8-15-17/h3-4,8-10H,1-2,5-7H2/t10-/m0/s1. The van der Waals surface area contributed by atoms with E-state index in [0.29, 0.717) is 6.04 Å². The number of hydrogen-bond donors (Lipinski definition) is 0. The van der Waals surface area contributed by atoms with Crippen molar-refractivity contribution in [3.05, 3.63) is 33.5 Å². The topological polar surface area (TPSA) is 34.0 Å². The third kappa shape index (κ3) is 2.81. The second kappa shape index (κ2) is 5.50. The summed E-state index contributed by atoms with van der Waals surface area (Å²) in [5, 5.41) is 4.20. The molecule has 0 spiro atoms. The molecule has 96 valence electrons. The Kier molecular flexibility index (Phi) is 3.77. The highest BCUT2D eigenvalue weighted by molar-refractivity contribution is 9.11. The Morgan fingerprint density at radius 2 is 2.39 bits per heavy atom. The van der Waals surface area contributed by atoms with Crippen LogP contribution in [0.15, 0.2) is 28.6 Å². The van der Waals surface area contributed by atoms with Crippen LogP contribution in [0.3, 0.4) is 0 Å². The molecule has 0 N–H and O–H groups in total. The third-order valence-electron chi connectivity index (χ3n) is 3.35. The lowest BCUT2D eigenvalue weighted by atomic mass is 10.2. The molecule has 6 heteroatoms. The van der Waals surface area contributed by atoms with Crippen molar-refractivity contribution < 1.29 is 0 Å². The van der Waals surface area contributed by atoms with Crippen molar-refractivity contribution in [2.45, 2.75) is 32.0 Å². The molecular formula is C12H15BrN4S. The number of likely N-dealkylation sites (tertiary alicyclic amines) is 1.